The summed E-state index contributed by atoms with van der Waals surface area (Å²) in [4.78, 5) is 24.5. The summed E-state index contributed by atoms with van der Waals surface area (Å²) in [6, 6.07) is 13.0. The predicted octanol–water partition coefficient (Wildman–Crippen LogP) is 3.86. The molecule has 2 rings (SSSR count). The third-order valence-electron chi connectivity index (χ3n) is 3.49. The lowest BCUT2D eigenvalue weighted by atomic mass is 10.1. The molecule has 0 spiro atoms. The molecule has 0 aliphatic heterocycles. The number of nitro benzene ring substituents is 1. The largest absolute Gasteiger partial charge is 0.378 e. The van der Waals surface area contributed by atoms with E-state index in [-0.39, 0.29) is 22.0 Å². The highest BCUT2D eigenvalue weighted by atomic mass is 35.5. The highest BCUT2D eigenvalue weighted by Crippen LogP contribution is 2.27. The first-order chi connectivity index (χ1) is 12.3. The average molecular weight is 371 g/mol. The highest BCUT2D eigenvalue weighted by Gasteiger charge is 2.15. The van der Waals surface area contributed by atoms with Gasteiger partial charge in [-0.2, -0.15) is 5.26 Å². The zero-order valence-corrected chi connectivity index (χ0v) is 14.8. The molecule has 132 valence electrons. The van der Waals surface area contributed by atoms with E-state index in [4.69, 9.17) is 11.6 Å². The van der Waals surface area contributed by atoms with Crippen LogP contribution in [0.2, 0.25) is 5.02 Å². The van der Waals surface area contributed by atoms with Crippen molar-refractivity contribution >= 4 is 40.6 Å². The van der Waals surface area contributed by atoms with Crippen molar-refractivity contribution in [3.63, 3.8) is 0 Å². The van der Waals surface area contributed by atoms with Crippen LogP contribution in [0.5, 0.6) is 0 Å². The van der Waals surface area contributed by atoms with Gasteiger partial charge >= 0.3 is 0 Å². The molecule has 8 heteroatoms. The second-order valence-electron chi connectivity index (χ2n) is 5.53. The highest BCUT2D eigenvalue weighted by molar-refractivity contribution is 6.32. The lowest BCUT2D eigenvalue weighted by Crippen LogP contribution is -2.13. The molecule has 0 bridgehead atoms. The minimum absolute atomic E-state index is 0.0370. The Balaban J connectivity index is 2.22. The van der Waals surface area contributed by atoms with Crippen LogP contribution in [0.15, 0.2) is 48.0 Å². The second kappa shape index (κ2) is 8.14. The van der Waals surface area contributed by atoms with Crippen molar-refractivity contribution in [2.24, 2.45) is 0 Å². The van der Waals surface area contributed by atoms with Gasteiger partial charge in [-0.1, -0.05) is 23.7 Å². The summed E-state index contributed by atoms with van der Waals surface area (Å²) in [5.41, 5.74) is 1.39. The summed E-state index contributed by atoms with van der Waals surface area (Å²) < 4.78 is 0. The van der Waals surface area contributed by atoms with Gasteiger partial charge in [-0.05, 0) is 35.9 Å². The van der Waals surface area contributed by atoms with Gasteiger partial charge < -0.3 is 10.2 Å². The fourth-order valence-corrected chi connectivity index (χ4v) is 2.30. The molecule has 0 heterocycles. The number of hydrogen-bond donors (Lipinski definition) is 1. The predicted molar refractivity (Wildman–Crippen MR) is 101 cm³/mol. The number of amides is 1. The van der Waals surface area contributed by atoms with Crippen LogP contribution < -0.4 is 10.2 Å². The molecule has 0 aromatic heterocycles. The van der Waals surface area contributed by atoms with Crippen LogP contribution >= 0.6 is 11.6 Å². The van der Waals surface area contributed by atoms with Crippen molar-refractivity contribution in [1.29, 1.82) is 5.26 Å². The lowest BCUT2D eigenvalue weighted by molar-refractivity contribution is -0.384. The van der Waals surface area contributed by atoms with Gasteiger partial charge in [-0.3, -0.25) is 14.9 Å². The zero-order chi connectivity index (χ0) is 19.3. The van der Waals surface area contributed by atoms with Gasteiger partial charge in [-0.15, -0.1) is 0 Å². The van der Waals surface area contributed by atoms with Crippen molar-refractivity contribution in [3.05, 3.63) is 68.7 Å². The van der Waals surface area contributed by atoms with Crippen LogP contribution in [0, 0.1) is 21.4 Å². The molecule has 0 unspecified atom stereocenters. The topological polar surface area (TPSA) is 99.3 Å². The van der Waals surface area contributed by atoms with Crippen molar-refractivity contribution in [2.75, 3.05) is 24.3 Å². The number of nitriles is 1. The summed E-state index contributed by atoms with van der Waals surface area (Å²) in [6.45, 7) is 0. The number of carbonyl (C=O) groups is 1. The van der Waals surface area contributed by atoms with Crippen molar-refractivity contribution in [1.82, 2.24) is 0 Å². The van der Waals surface area contributed by atoms with Gasteiger partial charge in [0.25, 0.3) is 11.6 Å². The molecule has 0 radical (unpaired) electrons. The number of nitro groups is 1. The molecule has 2 aromatic rings. The Morgan fingerprint density at radius 1 is 1.27 bits per heavy atom. The number of carbonyl (C=O) groups excluding carboxylic acids is 1. The van der Waals surface area contributed by atoms with Gasteiger partial charge in [0.2, 0.25) is 0 Å². The van der Waals surface area contributed by atoms with Gasteiger partial charge in [0, 0.05) is 31.5 Å². The maximum atomic E-state index is 12.3. The Labute approximate surface area is 155 Å². The van der Waals surface area contributed by atoms with E-state index in [2.05, 4.69) is 5.32 Å². The fraction of sp³-hybridized carbons (Fsp3) is 0.111. The average Bonchev–Trinajstić information content (AvgIpc) is 2.61. The normalized spacial score (nSPS) is 10.8. The Morgan fingerprint density at radius 3 is 2.46 bits per heavy atom. The minimum Gasteiger partial charge on any atom is -0.378 e. The summed E-state index contributed by atoms with van der Waals surface area (Å²) >= 11 is 5.74. The minimum atomic E-state index is -0.666. The zero-order valence-electron chi connectivity index (χ0n) is 14.1. The third-order valence-corrected chi connectivity index (χ3v) is 3.81. The van der Waals surface area contributed by atoms with Crippen LogP contribution in [0.4, 0.5) is 17.1 Å². The van der Waals surface area contributed by atoms with Gasteiger partial charge in [-0.25, -0.2) is 0 Å². The summed E-state index contributed by atoms with van der Waals surface area (Å²) in [6.07, 6.45) is 1.44. The number of halogens is 1. The number of benzene rings is 2. The molecule has 26 heavy (non-hydrogen) atoms. The monoisotopic (exact) mass is 370 g/mol. The molecule has 0 fully saturated rings. The molecule has 1 N–H and O–H groups in total. The number of nitrogens with one attached hydrogen (secondary N) is 1. The molecule has 0 aliphatic carbocycles. The van der Waals surface area contributed by atoms with Crippen LogP contribution in [0.1, 0.15) is 5.56 Å². The van der Waals surface area contributed by atoms with E-state index >= 15 is 0 Å². The molecule has 1 amide bonds. The van der Waals surface area contributed by atoms with E-state index in [1.165, 1.54) is 18.2 Å². The van der Waals surface area contributed by atoms with Gasteiger partial charge in [0.15, 0.2) is 0 Å². The van der Waals surface area contributed by atoms with Crippen molar-refractivity contribution < 1.29 is 9.72 Å². The van der Waals surface area contributed by atoms with Crippen molar-refractivity contribution in [3.8, 4) is 6.07 Å². The molecule has 7 nitrogen and oxygen atoms in total. The number of nitrogens with zero attached hydrogens (tertiary/aromatic N) is 3. The van der Waals surface area contributed by atoms with Crippen LogP contribution in [0.3, 0.4) is 0 Å². The van der Waals surface area contributed by atoms with Crippen LogP contribution in [-0.4, -0.2) is 24.9 Å². The van der Waals surface area contributed by atoms with E-state index in [0.717, 1.165) is 11.8 Å². The second-order valence-corrected chi connectivity index (χ2v) is 5.94. The Bertz CT molecular complexity index is 915. The SMILES string of the molecule is CN(C)c1ccc(C=C(C#N)C(=O)Nc2ccc(Cl)c([N+](=O)[O-])c2)cc1. The van der Waals surface area contributed by atoms with Crippen LogP contribution in [-0.2, 0) is 4.79 Å². The molecular formula is C18H15ClN4O3. The maximum Gasteiger partial charge on any atom is 0.289 e. The lowest BCUT2D eigenvalue weighted by Gasteiger charge is -2.12. The smallest absolute Gasteiger partial charge is 0.289 e. The number of rotatable bonds is 5. The standard InChI is InChI=1S/C18H15ClN4O3/c1-22(2)15-6-3-12(4-7-15)9-13(11-20)18(24)21-14-5-8-16(19)17(10-14)23(25)26/h3-10H,1-2H3,(H,21,24). The first-order valence-electron chi connectivity index (χ1n) is 7.46. The summed E-state index contributed by atoms with van der Waals surface area (Å²) in [5.74, 6) is -0.666. The van der Waals surface area contributed by atoms with Crippen LogP contribution in [0.25, 0.3) is 6.08 Å². The first-order valence-corrected chi connectivity index (χ1v) is 7.84. The van der Waals surface area contributed by atoms with Crippen molar-refractivity contribution in [2.45, 2.75) is 0 Å². The number of hydrogen-bond acceptors (Lipinski definition) is 5. The maximum absolute atomic E-state index is 12.3. The van der Waals surface area contributed by atoms with Gasteiger partial charge in [0.1, 0.15) is 16.7 Å². The summed E-state index contributed by atoms with van der Waals surface area (Å²) in [5, 5.41) is 22.6. The molecule has 0 atom stereocenters. The molecule has 0 saturated heterocycles. The molecular weight excluding hydrogens is 356 g/mol. The Kier molecular flexibility index (Phi) is 5.94. The van der Waals surface area contributed by atoms with E-state index in [9.17, 15) is 20.2 Å². The fourth-order valence-electron chi connectivity index (χ4n) is 2.11. The Hall–Kier alpha value is -3.37. The molecule has 2 aromatic carbocycles. The summed E-state index contributed by atoms with van der Waals surface area (Å²) in [7, 11) is 3.81. The van der Waals surface area contributed by atoms with E-state index in [1.54, 1.807) is 12.1 Å². The van der Waals surface area contributed by atoms with E-state index < -0.39 is 10.8 Å². The van der Waals surface area contributed by atoms with E-state index in [1.807, 2.05) is 37.2 Å². The third kappa shape index (κ3) is 4.59. The quantitative estimate of drug-likeness (QED) is 0.373. The number of anilines is 2. The van der Waals surface area contributed by atoms with E-state index in [0.29, 0.717) is 5.56 Å². The Morgan fingerprint density at radius 2 is 1.92 bits per heavy atom. The molecule has 0 saturated carbocycles. The molecule has 0 aliphatic rings. The first kappa shape index (κ1) is 19.0. The van der Waals surface area contributed by atoms with Gasteiger partial charge in [0.05, 0.1) is 4.92 Å².